The predicted molar refractivity (Wildman–Crippen MR) is 79.9 cm³/mol. The molecule has 18 heavy (non-hydrogen) atoms. The van der Waals surface area contributed by atoms with Gasteiger partial charge in [-0.1, -0.05) is 6.07 Å². The molecule has 2 aromatic rings. The average molecular weight is 357 g/mol. The molecule has 0 amide bonds. The Bertz CT molecular complexity index is 545. The Morgan fingerprint density at radius 1 is 1.39 bits per heavy atom. The van der Waals surface area contributed by atoms with Gasteiger partial charge in [-0.15, -0.1) is 0 Å². The molecule has 0 bridgehead atoms. The van der Waals surface area contributed by atoms with Gasteiger partial charge in [-0.3, -0.25) is 4.98 Å². The van der Waals surface area contributed by atoms with Gasteiger partial charge in [0.2, 0.25) is 0 Å². The number of rotatable bonds is 3. The van der Waals surface area contributed by atoms with Crippen LogP contribution < -0.4 is 10.6 Å². The van der Waals surface area contributed by atoms with Gasteiger partial charge in [-0.2, -0.15) is 0 Å². The first-order valence-corrected chi connectivity index (χ1v) is 6.51. The van der Waals surface area contributed by atoms with E-state index >= 15 is 0 Å². The SMILES string of the molecule is CN(Cc1ccccn1)c1cc(F)c(I)cc1N. The fourth-order valence-electron chi connectivity index (χ4n) is 1.70. The van der Waals surface area contributed by atoms with Gasteiger partial charge in [0.25, 0.3) is 0 Å². The van der Waals surface area contributed by atoms with E-state index in [1.54, 1.807) is 12.3 Å². The maximum Gasteiger partial charge on any atom is 0.138 e. The van der Waals surface area contributed by atoms with E-state index in [0.717, 1.165) is 5.69 Å². The number of pyridine rings is 1. The number of hydrogen-bond acceptors (Lipinski definition) is 3. The lowest BCUT2D eigenvalue weighted by Gasteiger charge is -2.21. The van der Waals surface area contributed by atoms with Crippen LogP contribution in [0.3, 0.4) is 0 Å². The molecule has 0 fully saturated rings. The van der Waals surface area contributed by atoms with Crippen LogP contribution in [-0.4, -0.2) is 12.0 Å². The molecule has 2 rings (SSSR count). The second-order valence-electron chi connectivity index (χ2n) is 4.00. The standard InChI is InChI=1S/C13H13FIN3/c1-18(8-9-4-2-3-5-17-9)13-6-10(14)11(15)7-12(13)16/h2-7H,8,16H2,1H3. The Balaban J connectivity index is 2.24. The van der Waals surface area contributed by atoms with Crippen LogP contribution >= 0.6 is 22.6 Å². The second kappa shape index (κ2) is 5.51. The largest absolute Gasteiger partial charge is 0.397 e. The van der Waals surface area contributed by atoms with Crippen molar-refractivity contribution in [3.8, 4) is 0 Å². The van der Waals surface area contributed by atoms with E-state index in [1.165, 1.54) is 6.07 Å². The third-order valence-corrected chi connectivity index (χ3v) is 3.43. The monoisotopic (exact) mass is 357 g/mol. The number of benzene rings is 1. The summed E-state index contributed by atoms with van der Waals surface area (Å²) in [6, 6.07) is 8.81. The van der Waals surface area contributed by atoms with Crippen LogP contribution in [0.4, 0.5) is 15.8 Å². The van der Waals surface area contributed by atoms with Gasteiger partial charge >= 0.3 is 0 Å². The van der Waals surface area contributed by atoms with E-state index in [4.69, 9.17) is 5.73 Å². The van der Waals surface area contributed by atoms with Crippen LogP contribution in [0.2, 0.25) is 0 Å². The molecule has 1 heterocycles. The Morgan fingerprint density at radius 3 is 2.83 bits per heavy atom. The van der Waals surface area contributed by atoms with E-state index in [0.29, 0.717) is 21.5 Å². The molecule has 0 atom stereocenters. The van der Waals surface area contributed by atoms with Crippen LogP contribution in [-0.2, 0) is 6.54 Å². The molecule has 0 aliphatic heterocycles. The third kappa shape index (κ3) is 2.90. The van der Waals surface area contributed by atoms with Crippen molar-refractivity contribution in [3.05, 3.63) is 51.6 Å². The van der Waals surface area contributed by atoms with Gasteiger partial charge in [0.15, 0.2) is 0 Å². The molecule has 94 valence electrons. The molecule has 0 aliphatic carbocycles. The summed E-state index contributed by atoms with van der Waals surface area (Å²) in [5.41, 5.74) is 8.07. The normalized spacial score (nSPS) is 10.4. The molecule has 1 aromatic carbocycles. The van der Waals surface area contributed by atoms with Gasteiger partial charge in [0, 0.05) is 19.3 Å². The Kier molecular flexibility index (Phi) is 4.00. The van der Waals surface area contributed by atoms with E-state index in [1.807, 2.05) is 52.7 Å². The molecule has 1 aromatic heterocycles. The predicted octanol–water partition coefficient (Wildman–Crippen LogP) is 3.04. The molecule has 5 heteroatoms. The van der Waals surface area contributed by atoms with Crippen molar-refractivity contribution < 1.29 is 4.39 Å². The molecule has 3 nitrogen and oxygen atoms in total. The average Bonchev–Trinajstić information content (AvgIpc) is 2.35. The highest BCUT2D eigenvalue weighted by Gasteiger charge is 2.10. The zero-order valence-corrected chi connectivity index (χ0v) is 12.1. The highest BCUT2D eigenvalue weighted by atomic mass is 127. The van der Waals surface area contributed by atoms with Crippen LogP contribution in [0.25, 0.3) is 0 Å². The lowest BCUT2D eigenvalue weighted by molar-refractivity contribution is 0.620. The Labute approximate surface area is 119 Å². The summed E-state index contributed by atoms with van der Waals surface area (Å²) >= 11 is 1.93. The minimum atomic E-state index is -0.257. The van der Waals surface area contributed by atoms with E-state index < -0.39 is 0 Å². The van der Waals surface area contributed by atoms with Gasteiger partial charge in [0.05, 0.1) is 27.2 Å². The van der Waals surface area contributed by atoms with Crippen molar-refractivity contribution in [3.63, 3.8) is 0 Å². The lowest BCUT2D eigenvalue weighted by atomic mass is 10.2. The smallest absolute Gasteiger partial charge is 0.138 e. The molecule has 0 saturated heterocycles. The Hall–Kier alpha value is -1.37. The fourth-order valence-corrected chi connectivity index (χ4v) is 2.19. The zero-order valence-electron chi connectivity index (χ0n) is 9.90. The highest BCUT2D eigenvalue weighted by Crippen LogP contribution is 2.27. The molecular weight excluding hydrogens is 344 g/mol. The molecular formula is C13H13FIN3. The van der Waals surface area contributed by atoms with Crippen molar-refractivity contribution in [1.82, 2.24) is 4.98 Å². The summed E-state index contributed by atoms with van der Waals surface area (Å²) in [5, 5.41) is 0. The summed E-state index contributed by atoms with van der Waals surface area (Å²) in [5.74, 6) is -0.257. The van der Waals surface area contributed by atoms with Crippen LogP contribution in [0, 0.1) is 9.39 Å². The van der Waals surface area contributed by atoms with Crippen LogP contribution in [0.1, 0.15) is 5.69 Å². The summed E-state index contributed by atoms with van der Waals surface area (Å²) < 4.78 is 14.1. The van der Waals surface area contributed by atoms with Crippen LogP contribution in [0.5, 0.6) is 0 Å². The minimum Gasteiger partial charge on any atom is -0.397 e. The summed E-state index contributed by atoms with van der Waals surface area (Å²) in [6.07, 6.45) is 1.74. The third-order valence-electron chi connectivity index (χ3n) is 2.61. The first kappa shape index (κ1) is 13.1. The molecule has 2 N–H and O–H groups in total. The van der Waals surface area contributed by atoms with Gasteiger partial charge in [-0.05, 0) is 40.8 Å². The van der Waals surface area contributed by atoms with Crippen molar-refractivity contribution in [2.45, 2.75) is 6.54 Å². The van der Waals surface area contributed by atoms with Crippen molar-refractivity contribution in [1.29, 1.82) is 0 Å². The van der Waals surface area contributed by atoms with E-state index in [-0.39, 0.29) is 5.82 Å². The van der Waals surface area contributed by atoms with E-state index in [9.17, 15) is 4.39 Å². The molecule has 0 unspecified atom stereocenters. The van der Waals surface area contributed by atoms with Gasteiger partial charge in [0.1, 0.15) is 5.82 Å². The second-order valence-corrected chi connectivity index (χ2v) is 5.16. The minimum absolute atomic E-state index is 0.257. The lowest BCUT2D eigenvalue weighted by Crippen LogP contribution is -2.19. The van der Waals surface area contributed by atoms with E-state index in [2.05, 4.69) is 4.98 Å². The number of aromatic nitrogens is 1. The number of anilines is 2. The summed E-state index contributed by atoms with van der Waals surface area (Å²) in [6.45, 7) is 0.588. The number of nitrogens with zero attached hydrogens (tertiary/aromatic N) is 2. The molecule has 0 radical (unpaired) electrons. The van der Waals surface area contributed by atoms with Crippen molar-refractivity contribution in [2.75, 3.05) is 17.7 Å². The molecule has 0 aliphatic rings. The maximum atomic E-state index is 13.6. The number of halogens is 2. The first-order valence-electron chi connectivity index (χ1n) is 5.43. The zero-order chi connectivity index (χ0) is 13.1. The molecule has 0 saturated carbocycles. The highest BCUT2D eigenvalue weighted by molar-refractivity contribution is 14.1. The summed E-state index contributed by atoms with van der Waals surface area (Å²) in [7, 11) is 1.87. The number of nitrogens with two attached hydrogens (primary N) is 1. The number of hydrogen-bond donors (Lipinski definition) is 1. The Morgan fingerprint density at radius 2 is 2.17 bits per heavy atom. The van der Waals surface area contributed by atoms with Gasteiger partial charge in [-0.25, -0.2) is 4.39 Å². The molecule has 0 spiro atoms. The maximum absolute atomic E-state index is 13.6. The van der Waals surface area contributed by atoms with Crippen molar-refractivity contribution >= 4 is 34.0 Å². The first-order chi connectivity index (χ1) is 8.58. The quantitative estimate of drug-likeness (QED) is 0.678. The van der Waals surface area contributed by atoms with Crippen molar-refractivity contribution in [2.24, 2.45) is 0 Å². The van der Waals surface area contributed by atoms with Crippen LogP contribution in [0.15, 0.2) is 36.5 Å². The van der Waals surface area contributed by atoms with Gasteiger partial charge < -0.3 is 10.6 Å². The topological polar surface area (TPSA) is 42.2 Å². The summed E-state index contributed by atoms with van der Waals surface area (Å²) in [4.78, 5) is 6.12. The number of nitrogen functional groups attached to an aromatic ring is 1. The fraction of sp³-hybridized carbons (Fsp3) is 0.154.